The maximum Gasteiger partial charge on any atom is 0.297 e. The van der Waals surface area contributed by atoms with Crippen LogP contribution in [0.15, 0.2) is 119 Å². The molecule has 0 spiro atoms. The van der Waals surface area contributed by atoms with Gasteiger partial charge >= 0.3 is 0 Å². The zero-order valence-corrected chi connectivity index (χ0v) is 30.6. The molecular weight excluding hydrogens is 772 g/mol. The zero-order chi connectivity index (χ0) is 35.6. The molecule has 0 radical (unpaired) electrons. The molecule has 0 bridgehead atoms. The van der Waals surface area contributed by atoms with Gasteiger partial charge in [0.15, 0.2) is 0 Å². The van der Waals surface area contributed by atoms with Crippen LogP contribution < -0.4 is 0 Å². The third-order valence-electron chi connectivity index (χ3n) is 9.20. The van der Waals surface area contributed by atoms with E-state index in [-0.39, 0.29) is 17.2 Å². The summed E-state index contributed by atoms with van der Waals surface area (Å²) in [6.45, 7) is 7.01. The molecule has 2 aliphatic rings. The smallest absolute Gasteiger partial charge is 0.275 e. The van der Waals surface area contributed by atoms with Crippen LogP contribution in [0.4, 0.5) is 17.6 Å². The highest BCUT2D eigenvalue weighted by atomic mass is 79.9. The van der Waals surface area contributed by atoms with Gasteiger partial charge in [-0.1, -0.05) is 80.4 Å². The van der Waals surface area contributed by atoms with Gasteiger partial charge in [-0.3, -0.25) is 20.0 Å². The van der Waals surface area contributed by atoms with Crippen molar-refractivity contribution in [3.05, 3.63) is 154 Å². The standard InChI is InChI=1S/C20H15Br2FN2.C20H15F3N2/c1-19(2)20(21,22)16-6-4-3-5-15(16)18(25-19)13-9-12-7-8-14(23)10-17(12)24-11-13;1-19(2)20(22,23)16-6-4-3-5-15(16)18(25-19)13-9-12-7-8-14(21)10-17(12)24-11-13/h2*3-11H,1-2H3. The number of benzene rings is 4. The molecule has 0 atom stereocenters. The Morgan fingerprint density at radius 1 is 0.540 bits per heavy atom. The number of rotatable bonds is 2. The molecule has 0 saturated heterocycles. The molecule has 252 valence electrons. The van der Waals surface area contributed by atoms with Crippen molar-refractivity contribution in [2.24, 2.45) is 9.98 Å². The molecule has 4 heterocycles. The van der Waals surface area contributed by atoms with Gasteiger partial charge in [-0.2, -0.15) is 8.78 Å². The molecule has 2 aromatic heterocycles. The van der Waals surface area contributed by atoms with E-state index in [1.54, 1.807) is 48.8 Å². The molecule has 0 fully saturated rings. The fourth-order valence-corrected chi connectivity index (χ4v) is 7.16. The lowest BCUT2D eigenvalue weighted by molar-refractivity contribution is -0.0681. The van der Waals surface area contributed by atoms with Gasteiger partial charge in [0.1, 0.15) is 20.4 Å². The quantitative estimate of drug-likeness (QED) is 0.129. The summed E-state index contributed by atoms with van der Waals surface area (Å²) in [6, 6.07) is 27.4. The van der Waals surface area contributed by atoms with Crippen LogP contribution >= 0.6 is 31.9 Å². The van der Waals surface area contributed by atoms with Crippen molar-refractivity contribution in [1.29, 1.82) is 0 Å². The van der Waals surface area contributed by atoms with E-state index in [1.807, 2.05) is 18.2 Å². The van der Waals surface area contributed by atoms with E-state index >= 15 is 0 Å². The largest absolute Gasteiger partial charge is 0.297 e. The molecule has 2 aliphatic heterocycles. The van der Waals surface area contributed by atoms with Crippen LogP contribution in [-0.2, 0) is 9.16 Å². The molecule has 0 N–H and O–H groups in total. The molecular formula is C40H30Br2F4N4. The summed E-state index contributed by atoms with van der Waals surface area (Å²) in [4.78, 5) is 18.1. The summed E-state index contributed by atoms with van der Waals surface area (Å²) in [5.41, 5.74) is 4.65. The average Bonchev–Trinajstić information content (AvgIpc) is 3.08. The van der Waals surface area contributed by atoms with E-state index in [0.29, 0.717) is 27.9 Å². The Kier molecular flexibility index (Phi) is 8.34. The fourth-order valence-electron chi connectivity index (χ4n) is 6.29. The first kappa shape index (κ1) is 34.2. The average molecular weight is 803 g/mol. The Hall–Kier alpha value is -4.28. The van der Waals surface area contributed by atoms with Gasteiger partial charge in [-0.05, 0) is 69.7 Å². The third-order valence-corrected chi connectivity index (χ3v) is 12.0. The number of halogens is 6. The predicted molar refractivity (Wildman–Crippen MR) is 199 cm³/mol. The van der Waals surface area contributed by atoms with Crippen LogP contribution in [-0.4, -0.2) is 32.5 Å². The summed E-state index contributed by atoms with van der Waals surface area (Å²) in [5.74, 6) is -3.72. The SMILES string of the molecule is CC1(C)N=C(c2cnc3cc(F)ccc3c2)c2ccccc2C1(Br)Br.CC1(C)N=C(c2cnc3cc(F)ccc3c2)c2ccccc2C1(F)F. The zero-order valence-electron chi connectivity index (χ0n) is 27.4. The van der Waals surface area contributed by atoms with Crippen molar-refractivity contribution in [1.82, 2.24) is 9.97 Å². The van der Waals surface area contributed by atoms with Gasteiger partial charge in [0.05, 0.1) is 28.0 Å². The van der Waals surface area contributed by atoms with Crippen molar-refractivity contribution >= 4 is 65.1 Å². The van der Waals surface area contributed by atoms with E-state index < -0.39 is 20.2 Å². The fraction of sp³-hybridized carbons (Fsp3) is 0.200. The van der Waals surface area contributed by atoms with Crippen molar-refractivity contribution < 1.29 is 17.6 Å². The Bertz CT molecular complexity index is 2220. The number of hydrogen-bond donors (Lipinski definition) is 0. The van der Waals surface area contributed by atoms with Crippen LogP contribution in [0.2, 0.25) is 0 Å². The Balaban J connectivity index is 0.000000157. The molecule has 0 amide bonds. The molecule has 10 heteroatoms. The highest BCUT2D eigenvalue weighted by molar-refractivity contribution is 9.24. The third kappa shape index (κ3) is 5.76. The molecule has 50 heavy (non-hydrogen) atoms. The second kappa shape index (κ2) is 12.2. The van der Waals surface area contributed by atoms with E-state index in [9.17, 15) is 17.6 Å². The molecule has 6 aromatic rings. The molecule has 0 saturated carbocycles. The number of pyridine rings is 2. The number of aliphatic imine (C=N–C) groups is 2. The van der Waals surface area contributed by atoms with Crippen LogP contribution in [0.5, 0.6) is 0 Å². The first-order valence-corrected chi connectivity index (χ1v) is 17.4. The van der Waals surface area contributed by atoms with Crippen molar-refractivity contribution in [2.45, 2.75) is 47.9 Å². The number of hydrogen-bond acceptors (Lipinski definition) is 4. The summed E-state index contributed by atoms with van der Waals surface area (Å²) < 4.78 is 55.9. The molecule has 0 unspecified atom stereocenters. The van der Waals surface area contributed by atoms with Crippen molar-refractivity contribution in [3.63, 3.8) is 0 Å². The van der Waals surface area contributed by atoms with E-state index in [2.05, 4.69) is 72.8 Å². The minimum absolute atomic E-state index is 0.0378. The number of nitrogens with zero attached hydrogens (tertiary/aromatic N) is 4. The Labute approximate surface area is 303 Å². The second-order valence-electron chi connectivity index (χ2n) is 13.4. The number of aromatic nitrogens is 2. The minimum atomic E-state index is -3.07. The van der Waals surface area contributed by atoms with E-state index in [4.69, 9.17) is 4.99 Å². The molecule has 4 nitrogen and oxygen atoms in total. The Morgan fingerprint density at radius 3 is 1.50 bits per heavy atom. The number of alkyl halides is 4. The van der Waals surface area contributed by atoms with Gasteiger partial charge in [0, 0.05) is 63.1 Å². The normalized spacial score (nSPS) is 17.9. The topological polar surface area (TPSA) is 50.5 Å². The lowest BCUT2D eigenvalue weighted by atomic mass is 9.81. The lowest BCUT2D eigenvalue weighted by Crippen LogP contribution is -2.44. The molecule has 0 aliphatic carbocycles. The van der Waals surface area contributed by atoms with Crippen molar-refractivity contribution in [2.75, 3.05) is 0 Å². The van der Waals surface area contributed by atoms with Gasteiger partial charge < -0.3 is 0 Å². The van der Waals surface area contributed by atoms with Gasteiger partial charge in [-0.25, -0.2) is 8.78 Å². The maximum atomic E-state index is 14.8. The van der Waals surface area contributed by atoms with Crippen molar-refractivity contribution in [3.8, 4) is 0 Å². The summed E-state index contributed by atoms with van der Waals surface area (Å²) in [7, 11) is 0. The van der Waals surface area contributed by atoms with E-state index in [1.165, 1.54) is 44.2 Å². The Morgan fingerprint density at radius 2 is 0.980 bits per heavy atom. The van der Waals surface area contributed by atoms with Crippen LogP contribution in [0.1, 0.15) is 61.1 Å². The summed E-state index contributed by atoms with van der Waals surface area (Å²) >= 11 is 7.63. The van der Waals surface area contributed by atoms with Crippen LogP contribution in [0.25, 0.3) is 21.8 Å². The first-order chi connectivity index (χ1) is 23.6. The highest BCUT2D eigenvalue weighted by Crippen LogP contribution is 2.53. The summed E-state index contributed by atoms with van der Waals surface area (Å²) in [5, 5.41) is 1.63. The predicted octanol–water partition coefficient (Wildman–Crippen LogP) is 11.0. The van der Waals surface area contributed by atoms with Gasteiger partial charge in [0.2, 0.25) is 0 Å². The first-order valence-electron chi connectivity index (χ1n) is 15.9. The van der Waals surface area contributed by atoms with Gasteiger partial charge in [-0.15, -0.1) is 0 Å². The lowest BCUT2D eigenvalue weighted by Gasteiger charge is -2.41. The monoisotopic (exact) mass is 800 g/mol. The highest BCUT2D eigenvalue weighted by Gasteiger charge is 2.52. The summed E-state index contributed by atoms with van der Waals surface area (Å²) in [6.07, 6.45) is 3.32. The molecule has 8 rings (SSSR count). The van der Waals surface area contributed by atoms with Gasteiger partial charge in [0.25, 0.3) is 5.92 Å². The molecule has 4 aromatic carbocycles. The van der Waals surface area contributed by atoms with Crippen LogP contribution in [0, 0.1) is 11.6 Å². The maximum absolute atomic E-state index is 14.8. The van der Waals surface area contributed by atoms with Crippen LogP contribution in [0.3, 0.4) is 0 Å². The second-order valence-corrected chi connectivity index (χ2v) is 16.8. The van der Waals surface area contributed by atoms with E-state index in [0.717, 1.165) is 33.2 Å². The minimum Gasteiger partial charge on any atom is -0.275 e. The number of fused-ring (bicyclic) bond motifs is 4.